The van der Waals surface area contributed by atoms with Crippen LogP contribution in [0.3, 0.4) is 0 Å². The summed E-state index contributed by atoms with van der Waals surface area (Å²) in [6.45, 7) is 4.28. The SMILES string of the molecule is CCCNC(CCc1cnn(C)c1)CC1CCCCO1. The van der Waals surface area contributed by atoms with Gasteiger partial charge < -0.3 is 10.1 Å². The molecule has 2 unspecified atom stereocenters. The fraction of sp³-hybridized carbons (Fsp3) is 0.812. The van der Waals surface area contributed by atoms with E-state index in [1.54, 1.807) is 0 Å². The van der Waals surface area contributed by atoms with Crippen LogP contribution in [0.4, 0.5) is 0 Å². The fourth-order valence-corrected chi connectivity index (χ4v) is 2.90. The topological polar surface area (TPSA) is 39.1 Å². The molecule has 0 saturated carbocycles. The number of hydrogen-bond acceptors (Lipinski definition) is 3. The van der Waals surface area contributed by atoms with Crippen LogP contribution >= 0.6 is 0 Å². The molecule has 2 heterocycles. The van der Waals surface area contributed by atoms with E-state index in [1.807, 2.05) is 17.9 Å². The van der Waals surface area contributed by atoms with Crippen molar-refractivity contribution in [3.05, 3.63) is 18.0 Å². The molecule has 0 radical (unpaired) electrons. The summed E-state index contributed by atoms with van der Waals surface area (Å²) in [6, 6.07) is 0.568. The van der Waals surface area contributed by atoms with Gasteiger partial charge in [-0.05, 0) is 57.1 Å². The largest absolute Gasteiger partial charge is 0.378 e. The summed E-state index contributed by atoms with van der Waals surface area (Å²) in [5.74, 6) is 0. The average molecular weight is 279 g/mol. The standard InChI is InChI=1S/C16H29N3O/c1-3-9-17-15(11-16-6-4-5-10-20-16)8-7-14-12-18-19(2)13-14/h12-13,15-17H,3-11H2,1-2H3. The first-order chi connectivity index (χ1) is 9.78. The Morgan fingerprint density at radius 2 is 2.40 bits per heavy atom. The van der Waals surface area contributed by atoms with Crippen molar-refractivity contribution in [2.45, 2.75) is 64.0 Å². The van der Waals surface area contributed by atoms with Gasteiger partial charge in [0.05, 0.1) is 12.3 Å². The summed E-state index contributed by atoms with van der Waals surface area (Å²) in [7, 11) is 1.98. The van der Waals surface area contributed by atoms with E-state index in [4.69, 9.17) is 4.74 Å². The van der Waals surface area contributed by atoms with Crippen LogP contribution in [0.15, 0.2) is 12.4 Å². The lowest BCUT2D eigenvalue weighted by Gasteiger charge is -2.27. The van der Waals surface area contributed by atoms with Crippen LogP contribution < -0.4 is 5.32 Å². The Bertz CT molecular complexity index is 372. The quantitative estimate of drug-likeness (QED) is 0.795. The van der Waals surface area contributed by atoms with Gasteiger partial charge >= 0.3 is 0 Å². The van der Waals surface area contributed by atoms with Gasteiger partial charge in [-0.15, -0.1) is 0 Å². The van der Waals surface area contributed by atoms with Crippen LogP contribution in [0.25, 0.3) is 0 Å². The van der Waals surface area contributed by atoms with Crippen LogP contribution in [0.1, 0.15) is 51.0 Å². The second-order valence-electron chi connectivity index (χ2n) is 5.94. The highest BCUT2D eigenvalue weighted by Crippen LogP contribution is 2.19. The third-order valence-corrected chi connectivity index (χ3v) is 4.04. The van der Waals surface area contributed by atoms with E-state index in [9.17, 15) is 0 Å². The predicted octanol–water partition coefficient (Wildman–Crippen LogP) is 2.68. The maximum Gasteiger partial charge on any atom is 0.0590 e. The Hall–Kier alpha value is -0.870. The molecule has 0 bridgehead atoms. The second kappa shape index (κ2) is 8.42. The molecule has 2 rings (SSSR count). The molecule has 2 atom stereocenters. The van der Waals surface area contributed by atoms with Gasteiger partial charge in [0.2, 0.25) is 0 Å². The highest BCUT2D eigenvalue weighted by Gasteiger charge is 2.19. The Labute approximate surface area is 122 Å². The molecule has 1 aromatic heterocycles. The summed E-state index contributed by atoms with van der Waals surface area (Å²) in [5, 5.41) is 7.93. The minimum absolute atomic E-state index is 0.465. The summed E-state index contributed by atoms with van der Waals surface area (Å²) in [6.07, 6.45) is 13.0. The van der Waals surface area contributed by atoms with E-state index in [-0.39, 0.29) is 0 Å². The summed E-state index contributed by atoms with van der Waals surface area (Å²) in [4.78, 5) is 0. The van der Waals surface area contributed by atoms with E-state index in [0.29, 0.717) is 12.1 Å². The van der Waals surface area contributed by atoms with Gasteiger partial charge in [-0.3, -0.25) is 4.68 Å². The highest BCUT2D eigenvalue weighted by molar-refractivity contribution is 5.04. The molecular weight excluding hydrogens is 250 g/mol. The lowest BCUT2D eigenvalue weighted by Crippen LogP contribution is -2.35. The first kappa shape index (κ1) is 15.5. The van der Waals surface area contributed by atoms with Crippen molar-refractivity contribution < 1.29 is 4.74 Å². The van der Waals surface area contributed by atoms with Crippen LogP contribution in [0.5, 0.6) is 0 Å². The number of rotatable bonds is 8. The molecule has 1 aromatic rings. The van der Waals surface area contributed by atoms with Gasteiger partial charge in [-0.2, -0.15) is 5.10 Å². The van der Waals surface area contributed by atoms with Crippen molar-refractivity contribution in [2.24, 2.45) is 7.05 Å². The molecule has 0 spiro atoms. The lowest BCUT2D eigenvalue weighted by molar-refractivity contribution is 0.00474. The Morgan fingerprint density at radius 3 is 3.05 bits per heavy atom. The minimum atomic E-state index is 0.465. The van der Waals surface area contributed by atoms with Gasteiger partial charge in [0.15, 0.2) is 0 Å². The molecule has 4 heteroatoms. The molecule has 1 aliphatic heterocycles. The molecule has 1 saturated heterocycles. The highest BCUT2D eigenvalue weighted by atomic mass is 16.5. The van der Waals surface area contributed by atoms with E-state index < -0.39 is 0 Å². The lowest BCUT2D eigenvalue weighted by atomic mass is 9.97. The van der Waals surface area contributed by atoms with E-state index in [2.05, 4.69) is 23.5 Å². The van der Waals surface area contributed by atoms with Gasteiger partial charge in [-0.25, -0.2) is 0 Å². The third kappa shape index (κ3) is 5.25. The summed E-state index contributed by atoms with van der Waals surface area (Å²) >= 11 is 0. The molecule has 0 aliphatic carbocycles. The van der Waals surface area contributed by atoms with Gasteiger partial charge in [0.1, 0.15) is 0 Å². The third-order valence-electron chi connectivity index (χ3n) is 4.04. The second-order valence-corrected chi connectivity index (χ2v) is 5.94. The van der Waals surface area contributed by atoms with Crippen molar-refractivity contribution in [3.63, 3.8) is 0 Å². The maximum atomic E-state index is 5.89. The van der Waals surface area contributed by atoms with Crippen LogP contribution in [-0.4, -0.2) is 35.1 Å². The normalized spacial score (nSPS) is 21.0. The summed E-state index contributed by atoms with van der Waals surface area (Å²) in [5.41, 5.74) is 1.33. The number of hydrogen-bond donors (Lipinski definition) is 1. The van der Waals surface area contributed by atoms with Crippen molar-refractivity contribution in [3.8, 4) is 0 Å². The van der Waals surface area contributed by atoms with Crippen LogP contribution in [0.2, 0.25) is 0 Å². The maximum absolute atomic E-state index is 5.89. The van der Waals surface area contributed by atoms with Crippen LogP contribution in [-0.2, 0) is 18.2 Å². The van der Waals surface area contributed by atoms with Crippen molar-refractivity contribution in [2.75, 3.05) is 13.2 Å². The van der Waals surface area contributed by atoms with Gasteiger partial charge in [-0.1, -0.05) is 6.92 Å². The first-order valence-corrected chi connectivity index (χ1v) is 8.10. The number of nitrogens with zero attached hydrogens (tertiary/aromatic N) is 2. The number of nitrogens with one attached hydrogen (secondary N) is 1. The van der Waals surface area contributed by atoms with E-state index >= 15 is 0 Å². The smallest absolute Gasteiger partial charge is 0.0590 e. The molecule has 1 N–H and O–H groups in total. The number of ether oxygens (including phenoxy) is 1. The Balaban J connectivity index is 1.79. The predicted molar refractivity (Wildman–Crippen MR) is 81.8 cm³/mol. The molecule has 20 heavy (non-hydrogen) atoms. The molecular formula is C16H29N3O. The molecule has 4 nitrogen and oxygen atoms in total. The van der Waals surface area contributed by atoms with Crippen molar-refractivity contribution >= 4 is 0 Å². The number of aryl methyl sites for hydroxylation is 2. The Kier molecular flexibility index (Phi) is 6.54. The summed E-state index contributed by atoms with van der Waals surface area (Å²) < 4.78 is 7.77. The molecule has 1 fully saturated rings. The average Bonchev–Trinajstić information content (AvgIpc) is 2.88. The van der Waals surface area contributed by atoms with Gasteiger partial charge in [0.25, 0.3) is 0 Å². The Morgan fingerprint density at radius 1 is 1.50 bits per heavy atom. The molecule has 114 valence electrons. The minimum Gasteiger partial charge on any atom is -0.378 e. The van der Waals surface area contributed by atoms with Crippen LogP contribution in [0, 0.1) is 0 Å². The van der Waals surface area contributed by atoms with E-state index in [0.717, 1.165) is 26.0 Å². The van der Waals surface area contributed by atoms with Crippen molar-refractivity contribution in [1.82, 2.24) is 15.1 Å². The first-order valence-electron chi connectivity index (χ1n) is 8.10. The molecule has 0 aromatic carbocycles. The van der Waals surface area contributed by atoms with E-state index in [1.165, 1.54) is 37.7 Å². The molecule has 0 amide bonds. The van der Waals surface area contributed by atoms with Gasteiger partial charge in [0, 0.05) is 25.9 Å². The van der Waals surface area contributed by atoms with Crippen molar-refractivity contribution in [1.29, 1.82) is 0 Å². The molecule has 1 aliphatic rings. The zero-order valence-electron chi connectivity index (χ0n) is 13.0. The zero-order chi connectivity index (χ0) is 14.2. The monoisotopic (exact) mass is 279 g/mol. The number of aromatic nitrogens is 2. The zero-order valence-corrected chi connectivity index (χ0v) is 13.0. The fourth-order valence-electron chi connectivity index (χ4n) is 2.90.